The average Bonchev–Trinajstić information content (AvgIpc) is 3.29. The van der Waals surface area contributed by atoms with Crippen molar-refractivity contribution in [3.05, 3.63) is 54.4 Å². The Hall–Kier alpha value is -3.02. The highest BCUT2D eigenvalue weighted by molar-refractivity contribution is 5.92. The van der Waals surface area contributed by atoms with E-state index < -0.39 is 0 Å². The number of ether oxygens (including phenoxy) is 3. The molecule has 0 radical (unpaired) electrons. The number of hydrogen-bond donors (Lipinski definition) is 0. The quantitative estimate of drug-likeness (QED) is 0.802. The molecule has 2 aliphatic rings. The van der Waals surface area contributed by atoms with Gasteiger partial charge in [0.15, 0.2) is 11.5 Å². The Bertz CT molecular complexity index is 791. The number of likely N-dealkylation sites (tertiary alicyclic amines) is 1. The third-order valence-corrected chi connectivity index (χ3v) is 4.22. The molecule has 2 aliphatic heterocycles. The van der Waals surface area contributed by atoms with Crippen molar-refractivity contribution in [2.45, 2.75) is 12.5 Å². The Morgan fingerprint density at radius 1 is 1.20 bits per heavy atom. The minimum Gasteiger partial charge on any atom is -0.488 e. The molecular weight excluding hydrogens is 320 g/mol. The normalized spacial score (nSPS) is 18.7. The fraction of sp³-hybridized carbons (Fsp3) is 0.263. The average molecular weight is 338 g/mol. The molecule has 6 nitrogen and oxygen atoms in total. The molecule has 0 unspecified atom stereocenters. The van der Waals surface area contributed by atoms with Crippen LogP contribution in [0.1, 0.15) is 12.0 Å². The maximum atomic E-state index is 12.4. The van der Waals surface area contributed by atoms with Crippen LogP contribution < -0.4 is 14.2 Å². The number of carbonyl (C=O) groups is 1. The van der Waals surface area contributed by atoms with Crippen LogP contribution in [0.25, 0.3) is 6.08 Å². The number of benzene rings is 1. The van der Waals surface area contributed by atoms with Crippen LogP contribution in [-0.2, 0) is 4.79 Å². The summed E-state index contributed by atoms with van der Waals surface area (Å²) >= 11 is 0. The van der Waals surface area contributed by atoms with Gasteiger partial charge in [0, 0.05) is 31.4 Å². The minimum absolute atomic E-state index is 0.0153. The highest BCUT2D eigenvalue weighted by Gasteiger charge is 2.26. The van der Waals surface area contributed by atoms with Crippen LogP contribution in [-0.4, -0.2) is 41.8 Å². The van der Waals surface area contributed by atoms with Crippen molar-refractivity contribution in [3.8, 4) is 17.2 Å². The van der Waals surface area contributed by atoms with Crippen LogP contribution in [0.3, 0.4) is 0 Å². The molecule has 25 heavy (non-hydrogen) atoms. The number of pyridine rings is 1. The molecule has 3 heterocycles. The summed E-state index contributed by atoms with van der Waals surface area (Å²) < 4.78 is 16.5. The van der Waals surface area contributed by atoms with Gasteiger partial charge in [-0.1, -0.05) is 6.07 Å². The summed E-state index contributed by atoms with van der Waals surface area (Å²) in [6.45, 7) is 1.53. The molecular formula is C19H18N2O4. The molecule has 0 saturated carbocycles. The zero-order valence-corrected chi connectivity index (χ0v) is 13.6. The predicted octanol–water partition coefficient (Wildman–Crippen LogP) is 2.50. The van der Waals surface area contributed by atoms with Crippen LogP contribution in [0.2, 0.25) is 0 Å². The van der Waals surface area contributed by atoms with Crippen molar-refractivity contribution >= 4 is 12.0 Å². The molecule has 1 atom stereocenters. The van der Waals surface area contributed by atoms with E-state index in [-0.39, 0.29) is 18.8 Å². The van der Waals surface area contributed by atoms with E-state index in [9.17, 15) is 4.79 Å². The number of rotatable bonds is 4. The lowest BCUT2D eigenvalue weighted by atomic mass is 10.2. The van der Waals surface area contributed by atoms with Gasteiger partial charge in [-0.15, -0.1) is 0 Å². The Morgan fingerprint density at radius 2 is 2.04 bits per heavy atom. The monoisotopic (exact) mass is 338 g/mol. The van der Waals surface area contributed by atoms with Crippen LogP contribution >= 0.6 is 0 Å². The zero-order chi connectivity index (χ0) is 17.1. The van der Waals surface area contributed by atoms with Gasteiger partial charge in [0.1, 0.15) is 11.9 Å². The molecule has 1 amide bonds. The van der Waals surface area contributed by atoms with Gasteiger partial charge in [-0.25, -0.2) is 0 Å². The van der Waals surface area contributed by atoms with E-state index in [0.717, 1.165) is 23.5 Å². The molecule has 6 heteroatoms. The second kappa shape index (κ2) is 6.84. The summed E-state index contributed by atoms with van der Waals surface area (Å²) in [5.74, 6) is 2.21. The third kappa shape index (κ3) is 3.57. The fourth-order valence-electron chi connectivity index (χ4n) is 2.92. The first-order valence-corrected chi connectivity index (χ1v) is 8.21. The summed E-state index contributed by atoms with van der Waals surface area (Å²) in [7, 11) is 0. The highest BCUT2D eigenvalue weighted by Crippen LogP contribution is 2.32. The van der Waals surface area contributed by atoms with E-state index in [1.54, 1.807) is 29.4 Å². The third-order valence-electron chi connectivity index (χ3n) is 4.22. The summed E-state index contributed by atoms with van der Waals surface area (Å²) in [5.41, 5.74) is 0.904. The topological polar surface area (TPSA) is 60.9 Å². The summed E-state index contributed by atoms with van der Waals surface area (Å²) in [6, 6.07) is 9.26. The van der Waals surface area contributed by atoms with Gasteiger partial charge < -0.3 is 19.1 Å². The van der Waals surface area contributed by atoms with Gasteiger partial charge in [0.2, 0.25) is 12.7 Å². The largest absolute Gasteiger partial charge is 0.488 e. The predicted molar refractivity (Wildman–Crippen MR) is 91.4 cm³/mol. The second-order valence-corrected chi connectivity index (χ2v) is 5.94. The van der Waals surface area contributed by atoms with Crippen molar-refractivity contribution in [2.75, 3.05) is 19.9 Å². The first kappa shape index (κ1) is 15.5. The first-order chi connectivity index (χ1) is 12.3. The molecule has 0 bridgehead atoms. The number of carbonyl (C=O) groups excluding carboxylic acids is 1. The molecule has 1 saturated heterocycles. The van der Waals surface area contributed by atoms with Gasteiger partial charge in [0.25, 0.3) is 0 Å². The highest BCUT2D eigenvalue weighted by atomic mass is 16.7. The number of fused-ring (bicyclic) bond motifs is 1. The first-order valence-electron chi connectivity index (χ1n) is 8.21. The van der Waals surface area contributed by atoms with Crippen molar-refractivity contribution in [3.63, 3.8) is 0 Å². The molecule has 2 aromatic rings. The fourth-order valence-corrected chi connectivity index (χ4v) is 2.92. The number of hydrogen-bond acceptors (Lipinski definition) is 5. The Kier molecular flexibility index (Phi) is 4.24. The maximum Gasteiger partial charge on any atom is 0.246 e. The van der Waals surface area contributed by atoms with Gasteiger partial charge >= 0.3 is 0 Å². The van der Waals surface area contributed by atoms with Crippen molar-refractivity contribution < 1.29 is 19.0 Å². The molecule has 1 aromatic heterocycles. The second-order valence-electron chi connectivity index (χ2n) is 5.94. The van der Waals surface area contributed by atoms with E-state index in [1.165, 1.54) is 0 Å². The maximum absolute atomic E-state index is 12.4. The smallest absolute Gasteiger partial charge is 0.246 e. The lowest BCUT2D eigenvalue weighted by molar-refractivity contribution is -0.125. The SMILES string of the molecule is O=C(/C=C/c1ccc2c(c1)OCO2)N1CC[C@H](Oc2ccncc2)C1. The van der Waals surface area contributed by atoms with Crippen molar-refractivity contribution in [1.29, 1.82) is 0 Å². The Labute approximate surface area is 145 Å². The van der Waals surface area contributed by atoms with Gasteiger partial charge in [-0.2, -0.15) is 0 Å². The van der Waals surface area contributed by atoms with Crippen molar-refractivity contribution in [1.82, 2.24) is 9.88 Å². The summed E-state index contributed by atoms with van der Waals surface area (Å²) in [6.07, 6.45) is 7.62. The zero-order valence-electron chi connectivity index (χ0n) is 13.6. The van der Waals surface area contributed by atoms with Gasteiger partial charge in [0.05, 0.1) is 6.54 Å². The van der Waals surface area contributed by atoms with E-state index in [0.29, 0.717) is 18.8 Å². The number of aromatic nitrogens is 1. The van der Waals surface area contributed by atoms with E-state index in [4.69, 9.17) is 14.2 Å². The number of nitrogens with zero attached hydrogens (tertiary/aromatic N) is 2. The summed E-state index contributed by atoms with van der Waals surface area (Å²) in [4.78, 5) is 18.1. The molecule has 128 valence electrons. The van der Waals surface area contributed by atoms with E-state index in [2.05, 4.69) is 4.98 Å². The van der Waals surface area contributed by atoms with E-state index in [1.807, 2.05) is 30.3 Å². The van der Waals surface area contributed by atoms with Crippen LogP contribution in [0.4, 0.5) is 0 Å². The van der Waals surface area contributed by atoms with Gasteiger partial charge in [-0.3, -0.25) is 9.78 Å². The Balaban J connectivity index is 1.34. The lowest BCUT2D eigenvalue weighted by Gasteiger charge is -2.15. The summed E-state index contributed by atoms with van der Waals surface area (Å²) in [5, 5.41) is 0. The van der Waals surface area contributed by atoms with E-state index >= 15 is 0 Å². The minimum atomic E-state index is -0.0153. The van der Waals surface area contributed by atoms with Crippen LogP contribution in [0, 0.1) is 0 Å². The van der Waals surface area contributed by atoms with Gasteiger partial charge in [-0.05, 0) is 35.9 Å². The lowest BCUT2D eigenvalue weighted by Crippen LogP contribution is -2.29. The molecule has 4 rings (SSSR count). The van der Waals surface area contributed by atoms with Crippen LogP contribution in [0.5, 0.6) is 17.2 Å². The van der Waals surface area contributed by atoms with Crippen molar-refractivity contribution in [2.24, 2.45) is 0 Å². The molecule has 0 N–H and O–H groups in total. The number of amides is 1. The molecule has 0 aliphatic carbocycles. The molecule has 0 spiro atoms. The van der Waals surface area contributed by atoms with Crippen LogP contribution in [0.15, 0.2) is 48.8 Å². The molecule has 1 fully saturated rings. The standard InChI is InChI=1S/C19H18N2O4/c22-19(4-2-14-1-3-17-18(11-14)24-13-23-17)21-10-7-16(12-21)25-15-5-8-20-9-6-15/h1-6,8-9,11,16H,7,10,12-13H2/b4-2+/t16-/m0/s1. The Morgan fingerprint density at radius 3 is 2.92 bits per heavy atom. The molecule has 1 aromatic carbocycles.